The molecule has 2 aromatic carbocycles. The molecular weight excluding hydrogens is 330 g/mol. The van der Waals surface area contributed by atoms with E-state index >= 15 is 0 Å². The number of carbonyl (C=O) groups is 2. The summed E-state index contributed by atoms with van der Waals surface area (Å²) in [4.78, 5) is 24.3. The van der Waals surface area contributed by atoms with Gasteiger partial charge in [-0.3, -0.25) is 4.79 Å². The molecule has 0 heterocycles. The first-order valence-electron chi connectivity index (χ1n) is 8.81. The van der Waals surface area contributed by atoms with E-state index in [2.05, 4.69) is 12.2 Å². The SMILES string of the molecule is CCCCOc1ccc(C(=O)O[C@H](C)C(=O)Nc2ccc(C)cc2)cc1. The van der Waals surface area contributed by atoms with Gasteiger partial charge in [-0.2, -0.15) is 0 Å². The number of hydrogen-bond acceptors (Lipinski definition) is 4. The number of carbonyl (C=O) groups excluding carboxylic acids is 2. The van der Waals surface area contributed by atoms with Crippen molar-refractivity contribution in [1.82, 2.24) is 0 Å². The van der Waals surface area contributed by atoms with Crippen LogP contribution >= 0.6 is 0 Å². The van der Waals surface area contributed by atoms with Crippen LogP contribution in [0.5, 0.6) is 5.75 Å². The van der Waals surface area contributed by atoms with Crippen molar-refractivity contribution < 1.29 is 19.1 Å². The second-order valence-corrected chi connectivity index (χ2v) is 6.13. The van der Waals surface area contributed by atoms with Crippen molar-refractivity contribution in [1.29, 1.82) is 0 Å². The summed E-state index contributed by atoms with van der Waals surface area (Å²) in [6.07, 6.45) is 1.15. The Kier molecular flexibility index (Phi) is 7.21. The van der Waals surface area contributed by atoms with E-state index < -0.39 is 12.1 Å². The Morgan fingerprint density at radius 3 is 2.31 bits per heavy atom. The van der Waals surface area contributed by atoms with E-state index in [0.29, 0.717) is 23.6 Å². The standard InChI is InChI=1S/C21H25NO4/c1-4-5-14-25-19-12-8-17(9-13-19)21(24)26-16(3)20(23)22-18-10-6-15(2)7-11-18/h6-13,16H,4-5,14H2,1-3H3,(H,22,23)/t16-/m1/s1. The lowest BCUT2D eigenvalue weighted by atomic mass is 10.2. The van der Waals surface area contributed by atoms with Gasteiger partial charge in [0.2, 0.25) is 0 Å². The predicted molar refractivity (Wildman–Crippen MR) is 102 cm³/mol. The van der Waals surface area contributed by atoms with E-state index in [1.54, 1.807) is 43.3 Å². The molecule has 138 valence electrons. The normalized spacial score (nSPS) is 11.5. The van der Waals surface area contributed by atoms with Gasteiger partial charge in [0.1, 0.15) is 5.75 Å². The summed E-state index contributed by atoms with van der Waals surface area (Å²) in [6.45, 7) is 6.26. The molecule has 1 N–H and O–H groups in total. The second-order valence-electron chi connectivity index (χ2n) is 6.13. The van der Waals surface area contributed by atoms with Crippen LogP contribution in [0.2, 0.25) is 0 Å². The van der Waals surface area contributed by atoms with Gasteiger partial charge in [0.25, 0.3) is 5.91 Å². The Morgan fingerprint density at radius 1 is 1.04 bits per heavy atom. The highest BCUT2D eigenvalue weighted by Gasteiger charge is 2.19. The molecule has 0 aliphatic rings. The first-order valence-corrected chi connectivity index (χ1v) is 8.81. The Morgan fingerprint density at radius 2 is 1.69 bits per heavy atom. The summed E-state index contributed by atoms with van der Waals surface area (Å²) in [7, 11) is 0. The molecular formula is C21H25NO4. The quantitative estimate of drug-likeness (QED) is 0.564. The molecule has 0 aromatic heterocycles. The minimum atomic E-state index is -0.899. The van der Waals surface area contributed by atoms with E-state index in [4.69, 9.17) is 9.47 Å². The monoisotopic (exact) mass is 355 g/mol. The molecule has 5 nitrogen and oxygen atoms in total. The zero-order valence-electron chi connectivity index (χ0n) is 15.5. The fraction of sp³-hybridized carbons (Fsp3) is 0.333. The maximum atomic E-state index is 12.2. The number of aryl methyl sites for hydroxylation is 1. The number of anilines is 1. The smallest absolute Gasteiger partial charge is 0.338 e. The minimum Gasteiger partial charge on any atom is -0.494 e. The second kappa shape index (κ2) is 9.61. The number of benzene rings is 2. The van der Waals surface area contributed by atoms with E-state index in [-0.39, 0.29) is 5.91 Å². The van der Waals surface area contributed by atoms with Gasteiger partial charge in [-0.1, -0.05) is 31.0 Å². The molecule has 0 saturated heterocycles. The summed E-state index contributed by atoms with van der Waals surface area (Å²) >= 11 is 0. The molecule has 2 rings (SSSR count). The first kappa shape index (κ1) is 19.5. The summed E-state index contributed by atoms with van der Waals surface area (Å²) in [6, 6.07) is 14.1. The van der Waals surface area contributed by atoms with Crippen molar-refractivity contribution in [2.75, 3.05) is 11.9 Å². The van der Waals surface area contributed by atoms with Crippen LogP contribution in [0.4, 0.5) is 5.69 Å². The highest BCUT2D eigenvalue weighted by Crippen LogP contribution is 2.15. The van der Waals surface area contributed by atoms with Gasteiger partial charge in [-0.15, -0.1) is 0 Å². The topological polar surface area (TPSA) is 64.6 Å². The molecule has 1 amide bonds. The average Bonchev–Trinajstić information content (AvgIpc) is 2.64. The molecule has 26 heavy (non-hydrogen) atoms. The lowest BCUT2D eigenvalue weighted by Gasteiger charge is -2.14. The van der Waals surface area contributed by atoms with E-state index in [0.717, 1.165) is 18.4 Å². The van der Waals surface area contributed by atoms with Crippen molar-refractivity contribution in [3.05, 3.63) is 59.7 Å². The van der Waals surface area contributed by atoms with Crippen molar-refractivity contribution >= 4 is 17.6 Å². The third kappa shape index (κ3) is 5.92. The van der Waals surface area contributed by atoms with E-state index in [9.17, 15) is 9.59 Å². The van der Waals surface area contributed by atoms with Gasteiger partial charge in [0.15, 0.2) is 6.10 Å². The highest BCUT2D eigenvalue weighted by atomic mass is 16.5. The van der Waals surface area contributed by atoms with Crippen molar-refractivity contribution in [2.24, 2.45) is 0 Å². The van der Waals surface area contributed by atoms with Crippen LogP contribution in [0.3, 0.4) is 0 Å². The number of nitrogens with one attached hydrogen (secondary N) is 1. The number of unbranched alkanes of at least 4 members (excludes halogenated alkanes) is 1. The van der Waals surface area contributed by atoms with Gasteiger partial charge >= 0.3 is 5.97 Å². The molecule has 0 fully saturated rings. The highest BCUT2D eigenvalue weighted by molar-refractivity contribution is 5.97. The zero-order chi connectivity index (χ0) is 18.9. The molecule has 0 unspecified atom stereocenters. The van der Waals surface area contributed by atoms with Gasteiger partial charge in [0, 0.05) is 5.69 Å². The lowest BCUT2D eigenvalue weighted by molar-refractivity contribution is -0.123. The Balaban J connectivity index is 1.87. The third-order valence-electron chi connectivity index (χ3n) is 3.83. The van der Waals surface area contributed by atoms with Crippen LogP contribution in [0.25, 0.3) is 0 Å². The van der Waals surface area contributed by atoms with E-state index in [1.807, 2.05) is 19.1 Å². The fourth-order valence-electron chi connectivity index (χ4n) is 2.18. The van der Waals surface area contributed by atoms with Gasteiger partial charge in [-0.05, 0) is 56.7 Å². The average molecular weight is 355 g/mol. The number of amides is 1. The summed E-state index contributed by atoms with van der Waals surface area (Å²) in [5.41, 5.74) is 2.14. The minimum absolute atomic E-state index is 0.373. The van der Waals surface area contributed by atoms with Crippen LogP contribution in [0.15, 0.2) is 48.5 Å². The van der Waals surface area contributed by atoms with Crippen LogP contribution in [0, 0.1) is 6.92 Å². The third-order valence-corrected chi connectivity index (χ3v) is 3.83. The van der Waals surface area contributed by atoms with Crippen molar-refractivity contribution in [3.63, 3.8) is 0 Å². The largest absolute Gasteiger partial charge is 0.494 e. The van der Waals surface area contributed by atoms with Crippen LogP contribution < -0.4 is 10.1 Å². The van der Waals surface area contributed by atoms with E-state index in [1.165, 1.54) is 0 Å². The number of ether oxygens (including phenoxy) is 2. The number of rotatable bonds is 8. The summed E-state index contributed by atoms with van der Waals surface area (Å²) < 4.78 is 10.8. The predicted octanol–water partition coefficient (Wildman–Crippen LogP) is 4.36. The van der Waals surface area contributed by atoms with Crippen molar-refractivity contribution in [2.45, 2.75) is 39.7 Å². The molecule has 0 saturated carbocycles. The lowest BCUT2D eigenvalue weighted by Crippen LogP contribution is -2.30. The maximum Gasteiger partial charge on any atom is 0.338 e. The molecule has 0 aliphatic carbocycles. The van der Waals surface area contributed by atoms with Gasteiger partial charge < -0.3 is 14.8 Å². The summed E-state index contributed by atoms with van der Waals surface area (Å²) in [5.74, 6) is -0.210. The Bertz CT molecular complexity index is 723. The fourth-order valence-corrected chi connectivity index (χ4v) is 2.18. The number of esters is 1. The van der Waals surface area contributed by atoms with Gasteiger partial charge in [0.05, 0.1) is 12.2 Å². The van der Waals surface area contributed by atoms with Crippen molar-refractivity contribution in [3.8, 4) is 5.75 Å². The molecule has 2 aromatic rings. The van der Waals surface area contributed by atoms with Crippen LogP contribution in [-0.2, 0) is 9.53 Å². The molecule has 0 radical (unpaired) electrons. The molecule has 5 heteroatoms. The molecule has 0 aliphatic heterocycles. The van der Waals surface area contributed by atoms with Gasteiger partial charge in [-0.25, -0.2) is 4.79 Å². The summed E-state index contributed by atoms with van der Waals surface area (Å²) in [5, 5.41) is 2.73. The molecule has 0 bridgehead atoms. The van der Waals surface area contributed by atoms with Crippen LogP contribution in [-0.4, -0.2) is 24.6 Å². The molecule has 1 atom stereocenters. The Labute approximate surface area is 154 Å². The molecule has 0 spiro atoms. The Hall–Kier alpha value is -2.82. The zero-order valence-corrected chi connectivity index (χ0v) is 15.5. The maximum absolute atomic E-state index is 12.2. The number of hydrogen-bond donors (Lipinski definition) is 1. The van der Waals surface area contributed by atoms with Crippen LogP contribution in [0.1, 0.15) is 42.6 Å². The first-order chi connectivity index (χ1) is 12.5.